The van der Waals surface area contributed by atoms with Crippen LogP contribution in [0.4, 0.5) is 0 Å². The number of rotatable bonds is 4. The standard InChI is InChI=1S/C8H11NO4/c1-12-7(10)6(4-3-5-9)8(11)13-2/h6H,3-4H2,1-2H3. The Labute approximate surface area is 76.2 Å². The SMILES string of the molecule is COC(=O)C(CCC#N)C(=O)OC. The molecule has 0 unspecified atom stereocenters. The van der Waals surface area contributed by atoms with E-state index in [1.165, 1.54) is 14.2 Å². The van der Waals surface area contributed by atoms with Crippen molar-refractivity contribution in [3.8, 4) is 6.07 Å². The zero-order chi connectivity index (χ0) is 10.3. The molecule has 0 atom stereocenters. The average molecular weight is 185 g/mol. The fraction of sp³-hybridized carbons (Fsp3) is 0.625. The van der Waals surface area contributed by atoms with Crippen molar-refractivity contribution in [2.75, 3.05) is 14.2 Å². The molecule has 0 rings (SSSR count). The highest BCUT2D eigenvalue weighted by Gasteiger charge is 2.27. The van der Waals surface area contributed by atoms with E-state index < -0.39 is 17.9 Å². The van der Waals surface area contributed by atoms with Crippen LogP contribution in [0.1, 0.15) is 12.8 Å². The maximum Gasteiger partial charge on any atom is 0.320 e. The van der Waals surface area contributed by atoms with Gasteiger partial charge < -0.3 is 9.47 Å². The van der Waals surface area contributed by atoms with E-state index in [-0.39, 0.29) is 12.8 Å². The second-order valence-electron chi connectivity index (χ2n) is 2.30. The minimum atomic E-state index is -0.977. The number of hydrogen-bond donors (Lipinski definition) is 0. The molecule has 0 bridgehead atoms. The average Bonchev–Trinajstić information content (AvgIpc) is 2.17. The van der Waals surface area contributed by atoms with Crippen LogP contribution in [0.15, 0.2) is 0 Å². The van der Waals surface area contributed by atoms with Gasteiger partial charge in [0.05, 0.1) is 20.3 Å². The fourth-order valence-corrected chi connectivity index (χ4v) is 0.825. The molecule has 0 aliphatic carbocycles. The van der Waals surface area contributed by atoms with E-state index >= 15 is 0 Å². The summed E-state index contributed by atoms with van der Waals surface area (Å²) in [6.45, 7) is 0. The van der Waals surface area contributed by atoms with Gasteiger partial charge in [0.15, 0.2) is 5.92 Å². The van der Waals surface area contributed by atoms with Gasteiger partial charge in [0.25, 0.3) is 0 Å². The molecule has 0 N–H and O–H groups in total. The molecule has 0 spiro atoms. The molecule has 13 heavy (non-hydrogen) atoms. The maximum absolute atomic E-state index is 11.0. The first-order valence-electron chi connectivity index (χ1n) is 3.70. The zero-order valence-electron chi connectivity index (χ0n) is 7.57. The lowest BCUT2D eigenvalue weighted by Crippen LogP contribution is -2.26. The van der Waals surface area contributed by atoms with Crippen LogP contribution in [0.3, 0.4) is 0 Å². The highest BCUT2D eigenvalue weighted by atomic mass is 16.5. The van der Waals surface area contributed by atoms with Gasteiger partial charge in [-0.05, 0) is 6.42 Å². The summed E-state index contributed by atoms with van der Waals surface area (Å²) in [5.74, 6) is -2.31. The molecule has 0 aliphatic heterocycles. The Bertz CT molecular complexity index is 215. The molecule has 0 aromatic rings. The molecule has 0 fully saturated rings. The Balaban J connectivity index is 4.28. The molecule has 0 amide bonds. The lowest BCUT2D eigenvalue weighted by molar-refractivity contribution is -0.159. The second-order valence-corrected chi connectivity index (χ2v) is 2.30. The van der Waals surface area contributed by atoms with Crippen molar-refractivity contribution >= 4 is 11.9 Å². The Morgan fingerprint density at radius 2 is 1.77 bits per heavy atom. The smallest absolute Gasteiger partial charge is 0.320 e. The first kappa shape index (κ1) is 11.4. The third-order valence-corrected chi connectivity index (χ3v) is 1.52. The number of nitrogens with zero attached hydrogens (tertiary/aromatic N) is 1. The van der Waals surface area contributed by atoms with Gasteiger partial charge in [0.1, 0.15) is 0 Å². The molecular formula is C8H11NO4. The monoisotopic (exact) mass is 185 g/mol. The molecule has 5 nitrogen and oxygen atoms in total. The molecule has 0 radical (unpaired) electrons. The van der Waals surface area contributed by atoms with Crippen LogP contribution < -0.4 is 0 Å². The summed E-state index contributed by atoms with van der Waals surface area (Å²) in [6, 6.07) is 1.84. The molecule has 72 valence electrons. The second kappa shape index (κ2) is 6.00. The van der Waals surface area contributed by atoms with Crippen molar-refractivity contribution in [3.05, 3.63) is 0 Å². The molecule has 0 aromatic heterocycles. The Hall–Kier alpha value is -1.57. The van der Waals surface area contributed by atoms with Crippen LogP contribution in [0.25, 0.3) is 0 Å². The van der Waals surface area contributed by atoms with E-state index in [0.717, 1.165) is 0 Å². The third kappa shape index (κ3) is 3.56. The van der Waals surface area contributed by atoms with Gasteiger partial charge in [0.2, 0.25) is 0 Å². The van der Waals surface area contributed by atoms with Crippen LogP contribution in [0.2, 0.25) is 0 Å². The van der Waals surface area contributed by atoms with E-state index in [1.807, 2.05) is 6.07 Å². The number of carbonyl (C=O) groups excluding carboxylic acids is 2. The van der Waals surface area contributed by atoms with Crippen LogP contribution in [-0.2, 0) is 19.1 Å². The summed E-state index contributed by atoms with van der Waals surface area (Å²) in [6.07, 6.45) is 0.255. The summed E-state index contributed by atoms with van der Waals surface area (Å²) in [4.78, 5) is 22.0. The van der Waals surface area contributed by atoms with Gasteiger partial charge in [0, 0.05) is 6.42 Å². The summed E-state index contributed by atoms with van der Waals surface area (Å²) < 4.78 is 8.77. The number of esters is 2. The van der Waals surface area contributed by atoms with Gasteiger partial charge in [-0.1, -0.05) is 0 Å². The minimum absolute atomic E-state index is 0.120. The van der Waals surface area contributed by atoms with Crippen LogP contribution in [0.5, 0.6) is 0 Å². The summed E-state index contributed by atoms with van der Waals surface area (Å²) >= 11 is 0. The van der Waals surface area contributed by atoms with E-state index in [2.05, 4.69) is 9.47 Å². The molecule has 5 heteroatoms. The molecule has 0 aliphatic rings. The number of hydrogen-bond acceptors (Lipinski definition) is 5. The maximum atomic E-state index is 11.0. The van der Waals surface area contributed by atoms with E-state index in [9.17, 15) is 9.59 Å². The van der Waals surface area contributed by atoms with Crippen LogP contribution >= 0.6 is 0 Å². The van der Waals surface area contributed by atoms with E-state index in [1.54, 1.807) is 0 Å². The third-order valence-electron chi connectivity index (χ3n) is 1.52. The molecule has 0 heterocycles. The van der Waals surface area contributed by atoms with Crippen molar-refractivity contribution in [2.45, 2.75) is 12.8 Å². The predicted molar refractivity (Wildman–Crippen MR) is 42.4 cm³/mol. The summed E-state index contributed by atoms with van der Waals surface area (Å²) in [5.41, 5.74) is 0. The predicted octanol–water partition coefficient (Wildman–Crippen LogP) is 0.252. The largest absolute Gasteiger partial charge is 0.468 e. The Morgan fingerprint density at radius 1 is 1.31 bits per heavy atom. The van der Waals surface area contributed by atoms with Gasteiger partial charge in [-0.2, -0.15) is 5.26 Å². The van der Waals surface area contributed by atoms with Crippen molar-refractivity contribution in [2.24, 2.45) is 5.92 Å². The number of nitriles is 1. The number of carbonyl (C=O) groups is 2. The van der Waals surface area contributed by atoms with Gasteiger partial charge in [-0.15, -0.1) is 0 Å². The van der Waals surface area contributed by atoms with E-state index in [0.29, 0.717) is 0 Å². The normalized spacial score (nSPS) is 9.08. The molecule has 0 saturated carbocycles. The van der Waals surface area contributed by atoms with Gasteiger partial charge in [-0.25, -0.2) is 0 Å². The van der Waals surface area contributed by atoms with Crippen molar-refractivity contribution in [1.82, 2.24) is 0 Å². The highest BCUT2D eigenvalue weighted by Crippen LogP contribution is 2.09. The summed E-state index contributed by atoms with van der Waals surface area (Å²) in [5, 5.41) is 8.27. The minimum Gasteiger partial charge on any atom is -0.468 e. The van der Waals surface area contributed by atoms with Crippen LogP contribution in [-0.4, -0.2) is 26.2 Å². The van der Waals surface area contributed by atoms with Crippen molar-refractivity contribution in [1.29, 1.82) is 5.26 Å². The lowest BCUT2D eigenvalue weighted by Gasteiger charge is -2.09. The zero-order valence-corrected chi connectivity index (χ0v) is 7.57. The lowest BCUT2D eigenvalue weighted by atomic mass is 10.0. The first-order valence-corrected chi connectivity index (χ1v) is 3.70. The topological polar surface area (TPSA) is 76.4 Å². The van der Waals surface area contributed by atoms with Crippen molar-refractivity contribution < 1.29 is 19.1 Å². The van der Waals surface area contributed by atoms with E-state index in [4.69, 9.17) is 5.26 Å². The first-order chi connectivity index (χ1) is 6.17. The van der Waals surface area contributed by atoms with Crippen molar-refractivity contribution in [3.63, 3.8) is 0 Å². The molecular weight excluding hydrogens is 174 g/mol. The highest BCUT2D eigenvalue weighted by molar-refractivity contribution is 5.94. The molecule has 0 saturated heterocycles. The Kier molecular flexibility index (Phi) is 5.28. The summed E-state index contributed by atoms with van der Waals surface area (Å²) in [7, 11) is 2.37. The number of ether oxygens (including phenoxy) is 2. The fourth-order valence-electron chi connectivity index (χ4n) is 0.825. The van der Waals surface area contributed by atoms with Gasteiger partial charge >= 0.3 is 11.9 Å². The van der Waals surface area contributed by atoms with Crippen LogP contribution in [0, 0.1) is 17.2 Å². The number of methoxy groups -OCH3 is 2. The Morgan fingerprint density at radius 3 is 2.08 bits per heavy atom. The van der Waals surface area contributed by atoms with Gasteiger partial charge in [-0.3, -0.25) is 9.59 Å². The molecule has 0 aromatic carbocycles. The quantitative estimate of drug-likeness (QED) is 0.463.